The molecule has 1 saturated carbocycles. The molecule has 25 heavy (non-hydrogen) atoms. The number of aliphatic hydroxyl groups is 1. The number of carbonyl (C=O) groups is 2. The molecule has 6 heteroatoms. The van der Waals surface area contributed by atoms with Crippen molar-refractivity contribution < 1.29 is 14.7 Å². The van der Waals surface area contributed by atoms with E-state index < -0.39 is 0 Å². The average Bonchev–Trinajstić information content (AvgIpc) is 3.15. The number of aliphatic hydroxyl groups excluding tert-OH is 1. The minimum Gasteiger partial charge on any atom is -0.393 e. The molecule has 1 atom stereocenters. The second kappa shape index (κ2) is 5.85. The van der Waals surface area contributed by atoms with Gasteiger partial charge in [-0.2, -0.15) is 5.26 Å². The van der Waals surface area contributed by atoms with Gasteiger partial charge < -0.3 is 14.9 Å². The molecule has 1 aliphatic carbocycles. The van der Waals surface area contributed by atoms with E-state index >= 15 is 0 Å². The van der Waals surface area contributed by atoms with Gasteiger partial charge in [0.2, 0.25) is 11.8 Å². The van der Waals surface area contributed by atoms with Crippen LogP contribution in [0.3, 0.4) is 0 Å². The molecule has 3 fully saturated rings. The molecule has 2 heterocycles. The van der Waals surface area contributed by atoms with Gasteiger partial charge in [0.1, 0.15) is 0 Å². The van der Waals surface area contributed by atoms with Crippen molar-refractivity contribution >= 4 is 17.5 Å². The van der Waals surface area contributed by atoms with E-state index in [1.54, 1.807) is 23.1 Å². The Balaban J connectivity index is 1.47. The predicted octanol–water partition coefficient (Wildman–Crippen LogP) is 1.28. The molecular weight excluding hydrogens is 318 g/mol. The molecular formula is C19H21N3O3. The highest BCUT2D eigenvalue weighted by molar-refractivity contribution is 5.96. The SMILES string of the molecule is N#Cc1cccc(N2CC3(CCN(C(=O)C4CC(O)C4)C3)CC2=O)c1. The van der Waals surface area contributed by atoms with Crippen LogP contribution in [0.1, 0.15) is 31.2 Å². The average molecular weight is 339 g/mol. The molecule has 0 radical (unpaired) electrons. The minimum absolute atomic E-state index is 0.0503. The molecule has 2 saturated heterocycles. The van der Waals surface area contributed by atoms with Gasteiger partial charge in [-0.05, 0) is 37.5 Å². The summed E-state index contributed by atoms with van der Waals surface area (Å²) in [5.41, 5.74) is 1.11. The van der Waals surface area contributed by atoms with Gasteiger partial charge in [0, 0.05) is 43.1 Å². The second-order valence-electron chi connectivity index (χ2n) is 7.65. The van der Waals surface area contributed by atoms with Gasteiger partial charge in [-0.15, -0.1) is 0 Å². The lowest BCUT2D eigenvalue weighted by Gasteiger charge is -2.34. The quantitative estimate of drug-likeness (QED) is 0.880. The van der Waals surface area contributed by atoms with Crippen molar-refractivity contribution in [2.75, 3.05) is 24.5 Å². The van der Waals surface area contributed by atoms with Gasteiger partial charge in [0.05, 0.1) is 17.7 Å². The summed E-state index contributed by atoms with van der Waals surface area (Å²) in [7, 11) is 0. The Labute approximate surface area is 146 Å². The van der Waals surface area contributed by atoms with Crippen LogP contribution in [-0.2, 0) is 9.59 Å². The Morgan fingerprint density at radius 3 is 2.84 bits per heavy atom. The standard InChI is InChI=1S/C19H21N3O3/c20-10-13-2-1-3-15(6-13)22-12-19(9-17(22)24)4-5-21(11-19)18(25)14-7-16(23)8-14/h1-3,6,14,16,23H,4-5,7-9,11-12H2. The third-order valence-corrected chi connectivity index (χ3v) is 5.82. The highest BCUT2D eigenvalue weighted by atomic mass is 16.3. The number of hydrogen-bond donors (Lipinski definition) is 1. The van der Waals surface area contributed by atoms with Crippen molar-refractivity contribution in [1.82, 2.24) is 4.90 Å². The zero-order valence-electron chi connectivity index (χ0n) is 14.0. The van der Waals surface area contributed by atoms with Crippen molar-refractivity contribution in [2.45, 2.75) is 31.8 Å². The van der Waals surface area contributed by atoms with Gasteiger partial charge in [-0.3, -0.25) is 9.59 Å². The first-order valence-corrected chi connectivity index (χ1v) is 8.77. The van der Waals surface area contributed by atoms with E-state index in [0.717, 1.165) is 12.1 Å². The van der Waals surface area contributed by atoms with Crippen LogP contribution in [0.25, 0.3) is 0 Å². The van der Waals surface area contributed by atoms with Crippen LogP contribution in [0.15, 0.2) is 24.3 Å². The van der Waals surface area contributed by atoms with Gasteiger partial charge >= 0.3 is 0 Å². The predicted molar refractivity (Wildman–Crippen MR) is 90.5 cm³/mol. The molecule has 2 amide bonds. The number of nitrogens with zero attached hydrogens (tertiary/aromatic N) is 3. The Hall–Kier alpha value is -2.39. The highest BCUT2D eigenvalue weighted by Gasteiger charge is 2.50. The summed E-state index contributed by atoms with van der Waals surface area (Å²) in [5, 5.41) is 18.5. The maximum Gasteiger partial charge on any atom is 0.227 e. The number of carbonyl (C=O) groups excluding carboxylic acids is 2. The fourth-order valence-electron chi connectivity index (χ4n) is 4.32. The number of anilines is 1. The second-order valence-corrected chi connectivity index (χ2v) is 7.65. The molecule has 1 unspecified atom stereocenters. The fraction of sp³-hybridized carbons (Fsp3) is 0.526. The normalized spacial score (nSPS) is 31.3. The summed E-state index contributed by atoms with van der Waals surface area (Å²) in [5.74, 6) is 0.133. The zero-order valence-corrected chi connectivity index (χ0v) is 14.0. The van der Waals surface area contributed by atoms with Crippen molar-refractivity contribution in [3.63, 3.8) is 0 Å². The van der Waals surface area contributed by atoms with Gasteiger partial charge in [0.25, 0.3) is 0 Å². The summed E-state index contributed by atoms with van der Waals surface area (Å²) in [6.45, 7) is 1.89. The summed E-state index contributed by atoms with van der Waals surface area (Å²) in [4.78, 5) is 28.7. The Bertz CT molecular complexity index is 765. The van der Waals surface area contributed by atoms with E-state index in [0.29, 0.717) is 44.5 Å². The Kier molecular flexibility index (Phi) is 3.77. The molecule has 1 spiro atoms. The first kappa shape index (κ1) is 16.1. The number of likely N-dealkylation sites (tertiary alicyclic amines) is 1. The molecule has 1 aromatic rings. The third-order valence-electron chi connectivity index (χ3n) is 5.82. The van der Waals surface area contributed by atoms with Crippen LogP contribution in [0.4, 0.5) is 5.69 Å². The number of benzene rings is 1. The van der Waals surface area contributed by atoms with Crippen LogP contribution < -0.4 is 4.90 Å². The molecule has 6 nitrogen and oxygen atoms in total. The lowest BCUT2D eigenvalue weighted by atomic mass is 9.81. The maximum absolute atomic E-state index is 12.6. The molecule has 0 aromatic heterocycles. The van der Waals surface area contributed by atoms with Gasteiger partial charge in [0.15, 0.2) is 0 Å². The third kappa shape index (κ3) is 2.79. The van der Waals surface area contributed by atoms with Crippen LogP contribution in [0.2, 0.25) is 0 Å². The van der Waals surface area contributed by atoms with Crippen LogP contribution in [0.5, 0.6) is 0 Å². The zero-order chi connectivity index (χ0) is 17.6. The summed E-state index contributed by atoms with van der Waals surface area (Å²) >= 11 is 0. The lowest BCUT2D eigenvalue weighted by Crippen LogP contribution is -2.43. The van der Waals surface area contributed by atoms with Crippen LogP contribution in [0, 0.1) is 22.7 Å². The molecule has 130 valence electrons. The van der Waals surface area contributed by atoms with E-state index in [1.165, 1.54) is 0 Å². The van der Waals surface area contributed by atoms with Crippen molar-refractivity contribution in [3.05, 3.63) is 29.8 Å². The van der Waals surface area contributed by atoms with E-state index in [1.807, 2.05) is 11.0 Å². The molecule has 0 bridgehead atoms. The van der Waals surface area contributed by atoms with E-state index in [2.05, 4.69) is 6.07 Å². The number of nitriles is 1. The van der Waals surface area contributed by atoms with E-state index in [-0.39, 0.29) is 29.3 Å². The largest absolute Gasteiger partial charge is 0.393 e. The van der Waals surface area contributed by atoms with Gasteiger partial charge in [-0.25, -0.2) is 0 Å². The Morgan fingerprint density at radius 2 is 2.12 bits per heavy atom. The number of amides is 2. The topological polar surface area (TPSA) is 84.6 Å². The van der Waals surface area contributed by atoms with Crippen molar-refractivity contribution in [3.8, 4) is 6.07 Å². The highest BCUT2D eigenvalue weighted by Crippen LogP contribution is 2.43. The minimum atomic E-state index is -0.332. The summed E-state index contributed by atoms with van der Waals surface area (Å²) in [6, 6.07) is 9.21. The molecule has 2 aliphatic heterocycles. The maximum atomic E-state index is 12.6. The molecule has 1 N–H and O–H groups in total. The number of hydrogen-bond acceptors (Lipinski definition) is 4. The fourth-order valence-corrected chi connectivity index (χ4v) is 4.32. The first-order valence-electron chi connectivity index (χ1n) is 8.77. The van der Waals surface area contributed by atoms with Crippen molar-refractivity contribution in [1.29, 1.82) is 5.26 Å². The molecule has 4 rings (SSSR count). The monoisotopic (exact) mass is 339 g/mol. The number of rotatable bonds is 2. The summed E-state index contributed by atoms with van der Waals surface area (Å²) in [6.07, 6.45) is 2.07. The van der Waals surface area contributed by atoms with Gasteiger partial charge in [-0.1, -0.05) is 6.07 Å². The smallest absolute Gasteiger partial charge is 0.227 e. The molecule has 1 aromatic carbocycles. The van der Waals surface area contributed by atoms with E-state index in [9.17, 15) is 14.7 Å². The first-order chi connectivity index (χ1) is 12.0. The molecule has 3 aliphatic rings. The van der Waals surface area contributed by atoms with Crippen LogP contribution >= 0.6 is 0 Å². The summed E-state index contributed by atoms with van der Waals surface area (Å²) < 4.78 is 0. The Morgan fingerprint density at radius 1 is 1.32 bits per heavy atom. The lowest BCUT2D eigenvalue weighted by molar-refractivity contribution is -0.141. The van der Waals surface area contributed by atoms with Crippen molar-refractivity contribution in [2.24, 2.45) is 11.3 Å². The van der Waals surface area contributed by atoms with Crippen LogP contribution in [-0.4, -0.2) is 47.6 Å². The van der Waals surface area contributed by atoms with E-state index in [4.69, 9.17) is 5.26 Å².